The van der Waals surface area contributed by atoms with Crippen molar-refractivity contribution in [2.75, 3.05) is 0 Å². The molecule has 0 saturated heterocycles. The van der Waals surface area contributed by atoms with Crippen molar-refractivity contribution >= 4 is 5.91 Å². The fourth-order valence-electron chi connectivity index (χ4n) is 1.85. The van der Waals surface area contributed by atoms with Gasteiger partial charge in [-0.1, -0.05) is 19.8 Å². The van der Waals surface area contributed by atoms with Crippen LogP contribution in [-0.2, 0) is 4.79 Å². The Bertz CT molecular complexity index is 161. The first-order chi connectivity index (χ1) is 6.18. The van der Waals surface area contributed by atoms with E-state index in [2.05, 4.69) is 25.4 Å². The van der Waals surface area contributed by atoms with Gasteiger partial charge in [-0.2, -0.15) is 0 Å². The number of carbonyl (C=O) groups excluding carboxylic acids is 1. The van der Waals surface area contributed by atoms with E-state index < -0.39 is 0 Å². The number of carbonyl (C=O) groups is 1. The zero-order valence-electron chi connectivity index (χ0n) is 8.81. The SMILES string of the molecule is C=C.CC(=O)N[C@@H]1CCCC(C)C1.[HH]. The van der Waals surface area contributed by atoms with Crippen LogP contribution in [-0.4, -0.2) is 11.9 Å². The molecule has 0 aromatic heterocycles. The van der Waals surface area contributed by atoms with Crippen molar-refractivity contribution in [1.29, 1.82) is 0 Å². The normalized spacial score (nSPS) is 26.9. The summed E-state index contributed by atoms with van der Waals surface area (Å²) in [5.74, 6) is 0.907. The Morgan fingerprint density at radius 1 is 1.46 bits per heavy atom. The molecule has 0 radical (unpaired) electrons. The van der Waals surface area contributed by atoms with Crippen molar-refractivity contribution in [3.8, 4) is 0 Å². The quantitative estimate of drug-likeness (QED) is 0.625. The van der Waals surface area contributed by atoms with Gasteiger partial charge in [0.1, 0.15) is 0 Å². The molecule has 78 valence electrons. The van der Waals surface area contributed by atoms with Crippen LogP contribution < -0.4 is 5.32 Å². The van der Waals surface area contributed by atoms with Crippen LogP contribution in [0.1, 0.15) is 41.0 Å². The highest BCUT2D eigenvalue weighted by Crippen LogP contribution is 2.23. The molecule has 1 fully saturated rings. The van der Waals surface area contributed by atoms with E-state index in [1.165, 1.54) is 25.7 Å². The highest BCUT2D eigenvalue weighted by Gasteiger charge is 2.18. The molecule has 0 bridgehead atoms. The summed E-state index contributed by atoms with van der Waals surface area (Å²) < 4.78 is 0. The third-order valence-electron chi connectivity index (χ3n) is 2.34. The lowest BCUT2D eigenvalue weighted by atomic mass is 9.87. The molecule has 1 saturated carbocycles. The highest BCUT2D eigenvalue weighted by molar-refractivity contribution is 5.73. The summed E-state index contributed by atoms with van der Waals surface area (Å²) >= 11 is 0. The molecular formula is C11H23NO. The van der Waals surface area contributed by atoms with Crippen molar-refractivity contribution in [3.05, 3.63) is 13.2 Å². The molecule has 2 heteroatoms. The molecule has 1 unspecified atom stereocenters. The Morgan fingerprint density at radius 2 is 2.08 bits per heavy atom. The number of rotatable bonds is 1. The third kappa shape index (κ3) is 5.45. The average Bonchev–Trinajstić information content (AvgIpc) is 2.06. The van der Waals surface area contributed by atoms with Crippen LogP contribution in [0.25, 0.3) is 0 Å². The Labute approximate surface area is 82.9 Å². The predicted molar refractivity (Wildman–Crippen MR) is 58.6 cm³/mol. The molecule has 2 nitrogen and oxygen atoms in total. The summed E-state index contributed by atoms with van der Waals surface area (Å²) in [6.45, 7) is 9.85. The maximum Gasteiger partial charge on any atom is 0.217 e. The molecule has 1 N–H and O–H groups in total. The lowest BCUT2D eigenvalue weighted by Gasteiger charge is -2.26. The minimum atomic E-state index is 0. The molecule has 2 atom stereocenters. The van der Waals surface area contributed by atoms with Crippen LogP contribution in [0.4, 0.5) is 0 Å². The molecule has 0 aromatic rings. The van der Waals surface area contributed by atoms with Crippen LogP contribution in [0.5, 0.6) is 0 Å². The van der Waals surface area contributed by atoms with E-state index in [-0.39, 0.29) is 7.33 Å². The smallest absolute Gasteiger partial charge is 0.217 e. The van der Waals surface area contributed by atoms with E-state index in [0.717, 1.165) is 5.92 Å². The minimum absolute atomic E-state index is 0. The van der Waals surface area contributed by atoms with E-state index in [1.54, 1.807) is 6.92 Å². The molecular weight excluding hydrogens is 162 g/mol. The number of hydrogen-bond donors (Lipinski definition) is 1. The van der Waals surface area contributed by atoms with Crippen LogP contribution in [0.3, 0.4) is 0 Å². The van der Waals surface area contributed by atoms with E-state index in [1.807, 2.05) is 0 Å². The van der Waals surface area contributed by atoms with Crippen molar-refractivity contribution in [1.82, 2.24) is 5.32 Å². The second-order valence-corrected chi connectivity index (χ2v) is 3.67. The second-order valence-electron chi connectivity index (χ2n) is 3.67. The Balaban J connectivity index is 0. The molecule has 0 spiro atoms. The molecule has 0 aromatic carbocycles. The molecule has 1 aliphatic carbocycles. The zero-order valence-corrected chi connectivity index (χ0v) is 8.81. The first-order valence-electron chi connectivity index (χ1n) is 4.95. The molecule has 0 heterocycles. The van der Waals surface area contributed by atoms with E-state index in [4.69, 9.17) is 0 Å². The topological polar surface area (TPSA) is 29.1 Å². The van der Waals surface area contributed by atoms with Gasteiger partial charge < -0.3 is 5.32 Å². The van der Waals surface area contributed by atoms with Crippen LogP contribution in [0.15, 0.2) is 13.2 Å². The van der Waals surface area contributed by atoms with Crippen molar-refractivity contribution in [2.45, 2.75) is 45.6 Å². The number of amides is 1. The molecule has 13 heavy (non-hydrogen) atoms. The van der Waals surface area contributed by atoms with Gasteiger partial charge in [0.2, 0.25) is 5.91 Å². The van der Waals surface area contributed by atoms with Crippen LogP contribution >= 0.6 is 0 Å². The summed E-state index contributed by atoms with van der Waals surface area (Å²) in [5, 5.41) is 2.97. The lowest BCUT2D eigenvalue weighted by Crippen LogP contribution is -2.36. The first kappa shape index (κ1) is 12.2. The van der Waals surface area contributed by atoms with E-state index in [0.29, 0.717) is 6.04 Å². The van der Waals surface area contributed by atoms with Crippen molar-refractivity contribution < 1.29 is 6.22 Å². The molecule has 1 amide bonds. The second kappa shape index (κ2) is 6.70. The molecule has 1 aliphatic rings. The maximum atomic E-state index is 10.7. The summed E-state index contributed by atoms with van der Waals surface area (Å²) in [5.41, 5.74) is 0. The fourth-order valence-corrected chi connectivity index (χ4v) is 1.85. The van der Waals surface area contributed by atoms with Gasteiger partial charge in [-0.15, -0.1) is 13.2 Å². The van der Waals surface area contributed by atoms with Gasteiger partial charge in [0.05, 0.1) is 0 Å². The minimum Gasteiger partial charge on any atom is -0.354 e. The highest BCUT2D eigenvalue weighted by atomic mass is 16.1. The number of nitrogens with one attached hydrogen (secondary N) is 1. The lowest BCUT2D eigenvalue weighted by molar-refractivity contribution is -0.119. The summed E-state index contributed by atoms with van der Waals surface area (Å²) in [6.07, 6.45) is 4.94. The summed E-state index contributed by atoms with van der Waals surface area (Å²) in [7, 11) is 0. The monoisotopic (exact) mass is 185 g/mol. The standard InChI is InChI=1S/C9H17NO.C2H4.H2/c1-7-4-3-5-9(6-7)10-8(2)11;1-2;/h7,9H,3-6H2,1-2H3,(H,10,11);1-2H2;1H/t7?,9-;;/m1../s1. The number of hydrogen-bond acceptors (Lipinski definition) is 1. The Hall–Kier alpha value is -0.790. The van der Waals surface area contributed by atoms with Gasteiger partial charge in [0, 0.05) is 14.4 Å². The van der Waals surface area contributed by atoms with Gasteiger partial charge in [-0.3, -0.25) is 4.79 Å². The fraction of sp³-hybridized carbons (Fsp3) is 0.727. The predicted octanol–water partition coefficient (Wildman–Crippen LogP) is 2.75. The summed E-state index contributed by atoms with van der Waals surface area (Å²) in [4.78, 5) is 10.7. The van der Waals surface area contributed by atoms with Gasteiger partial charge in [0.25, 0.3) is 0 Å². The Kier molecular flexibility index (Phi) is 6.29. The Morgan fingerprint density at radius 3 is 2.54 bits per heavy atom. The van der Waals surface area contributed by atoms with Crippen LogP contribution in [0, 0.1) is 5.92 Å². The van der Waals surface area contributed by atoms with Crippen LogP contribution in [0.2, 0.25) is 0 Å². The van der Waals surface area contributed by atoms with Gasteiger partial charge in [-0.25, -0.2) is 0 Å². The zero-order chi connectivity index (χ0) is 10.3. The van der Waals surface area contributed by atoms with E-state index in [9.17, 15) is 4.79 Å². The third-order valence-corrected chi connectivity index (χ3v) is 2.34. The van der Waals surface area contributed by atoms with Gasteiger partial charge in [0.15, 0.2) is 0 Å². The van der Waals surface area contributed by atoms with Gasteiger partial charge in [-0.05, 0) is 18.8 Å². The largest absolute Gasteiger partial charge is 0.354 e. The van der Waals surface area contributed by atoms with E-state index >= 15 is 0 Å². The maximum absolute atomic E-state index is 10.7. The van der Waals surface area contributed by atoms with Gasteiger partial charge >= 0.3 is 0 Å². The molecule has 1 rings (SSSR count). The summed E-state index contributed by atoms with van der Waals surface area (Å²) in [6, 6.07) is 0.455. The first-order valence-corrected chi connectivity index (χ1v) is 4.95. The molecule has 0 aliphatic heterocycles. The van der Waals surface area contributed by atoms with Crippen molar-refractivity contribution in [3.63, 3.8) is 0 Å². The van der Waals surface area contributed by atoms with Crippen molar-refractivity contribution in [2.24, 2.45) is 5.92 Å². The average molecular weight is 185 g/mol.